The van der Waals surface area contributed by atoms with Crippen molar-refractivity contribution in [2.75, 3.05) is 12.8 Å². The maximum atomic E-state index is 12.3. The van der Waals surface area contributed by atoms with E-state index in [9.17, 15) is 14.9 Å². The Morgan fingerprint density at radius 3 is 2.80 bits per heavy atom. The first-order valence-electron chi connectivity index (χ1n) is 8.81. The number of methoxy groups -OCH3 is 1. The largest absolute Gasteiger partial charge is 0.493 e. The zero-order chi connectivity index (χ0) is 21.8. The molecule has 30 heavy (non-hydrogen) atoms. The quantitative estimate of drug-likeness (QED) is 0.333. The van der Waals surface area contributed by atoms with Gasteiger partial charge in [0.15, 0.2) is 10.9 Å². The van der Waals surface area contributed by atoms with Crippen LogP contribution in [-0.4, -0.2) is 35.2 Å². The first-order chi connectivity index (χ1) is 14.3. The highest BCUT2D eigenvalue weighted by Crippen LogP contribution is 2.38. The fraction of sp³-hybridized carbons (Fsp3) is 0.211. The second kappa shape index (κ2) is 8.74. The second-order valence-electron chi connectivity index (χ2n) is 6.43. The number of thiazole rings is 1. The number of benzene rings is 2. The van der Waals surface area contributed by atoms with Gasteiger partial charge in [-0.2, -0.15) is 5.10 Å². The van der Waals surface area contributed by atoms with E-state index in [1.807, 2.05) is 0 Å². The highest BCUT2D eigenvalue weighted by atomic mass is 32.1. The van der Waals surface area contributed by atoms with Crippen molar-refractivity contribution in [2.24, 2.45) is 5.10 Å². The van der Waals surface area contributed by atoms with Crippen molar-refractivity contribution < 1.29 is 19.2 Å². The smallest absolute Gasteiger partial charge is 0.315 e. The number of nitrogens with one attached hydrogen (secondary N) is 1. The molecule has 0 aliphatic rings. The van der Waals surface area contributed by atoms with E-state index in [1.165, 1.54) is 36.8 Å². The van der Waals surface area contributed by atoms with Gasteiger partial charge >= 0.3 is 5.69 Å². The molecule has 3 N–H and O–H groups in total. The maximum absolute atomic E-state index is 12.3. The van der Waals surface area contributed by atoms with Crippen LogP contribution in [0, 0.1) is 10.1 Å². The van der Waals surface area contributed by atoms with E-state index in [4.69, 9.17) is 15.2 Å². The average molecular weight is 429 g/mol. The summed E-state index contributed by atoms with van der Waals surface area (Å²) in [5, 5.41) is 15.7. The van der Waals surface area contributed by atoms with Crippen LogP contribution in [0.5, 0.6) is 11.5 Å². The molecule has 3 aromatic rings. The number of carbonyl (C=O) groups is 1. The van der Waals surface area contributed by atoms with Crippen molar-refractivity contribution >= 4 is 44.5 Å². The Labute approximate surface area is 175 Å². The van der Waals surface area contributed by atoms with E-state index in [1.54, 1.807) is 32.0 Å². The van der Waals surface area contributed by atoms with Gasteiger partial charge in [0, 0.05) is 17.2 Å². The third-order valence-corrected chi connectivity index (χ3v) is 4.72. The van der Waals surface area contributed by atoms with Crippen molar-refractivity contribution in [1.82, 2.24) is 10.4 Å². The number of rotatable bonds is 7. The van der Waals surface area contributed by atoms with Gasteiger partial charge in [0.25, 0.3) is 5.91 Å². The first kappa shape index (κ1) is 21.0. The summed E-state index contributed by atoms with van der Waals surface area (Å²) >= 11 is 1.28. The number of aromatic nitrogens is 1. The van der Waals surface area contributed by atoms with Crippen LogP contribution in [0.1, 0.15) is 29.8 Å². The molecule has 0 radical (unpaired) electrons. The van der Waals surface area contributed by atoms with E-state index in [0.717, 1.165) is 4.70 Å². The van der Waals surface area contributed by atoms with Crippen LogP contribution in [0.4, 0.5) is 10.8 Å². The number of amides is 1. The summed E-state index contributed by atoms with van der Waals surface area (Å²) in [5.41, 5.74) is 9.26. The number of nitrogens with zero attached hydrogens (tertiary/aromatic N) is 3. The van der Waals surface area contributed by atoms with Gasteiger partial charge in [-0.25, -0.2) is 10.4 Å². The Kier molecular flexibility index (Phi) is 6.11. The summed E-state index contributed by atoms with van der Waals surface area (Å²) in [6.07, 6.45) is 1.01. The summed E-state index contributed by atoms with van der Waals surface area (Å²) < 4.78 is 11.5. The maximum Gasteiger partial charge on any atom is 0.315 e. The van der Waals surface area contributed by atoms with Crippen molar-refractivity contribution in [3.05, 3.63) is 51.6 Å². The van der Waals surface area contributed by atoms with Gasteiger partial charge in [0.1, 0.15) is 0 Å². The number of nitrogen functional groups attached to an aromatic ring is 1. The van der Waals surface area contributed by atoms with E-state index in [0.29, 0.717) is 21.8 Å². The molecule has 11 heteroatoms. The highest BCUT2D eigenvalue weighted by molar-refractivity contribution is 7.22. The summed E-state index contributed by atoms with van der Waals surface area (Å²) in [7, 11) is 1.39. The van der Waals surface area contributed by atoms with Crippen LogP contribution in [0.2, 0.25) is 0 Å². The van der Waals surface area contributed by atoms with E-state index in [2.05, 4.69) is 15.5 Å². The van der Waals surface area contributed by atoms with E-state index < -0.39 is 10.8 Å². The normalized spacial score (nSPS) is 11.2. The van der Waals surface area contributed by atoms with Gasteiger partial charge in [-0.3, -0.25) is 14.9 Å². The first-order valence-corrected chi connectivity index (χ1v) is 9.62. The lowest BCUT2D eigenvalue weighted by Gasteiger charge is -2.14. The zero-order valence-electron chi connectivity index (χ0n) is 16.4. The minimum atomic E-state index is -0.563. The summed E-state index contributed by atoms with van der Waals surface area (Å²) in [6, 6.07) is 7.80. The fourth-order valence-electron chi connectivity index (χ4n) is 2.64. The van der Waals surface area contributed by atoms with Crippen LogP contribution in [-0.2, 0) is 0 Å². The van der Waals surface area contributed by atoms with Crippen LogP contribution >= 0.6 is 11.3 Å². The molecule has 0 unspecified atom stereocenters. The molecule has 0 aliphatic carbocycles. The molecule has 1 aromatic heterocycles. The lowest BCUT2D eigenvalue weighted by Crippen LogP contribution is -2.17. The molecule has 2 aromatic carbocycles. The number of nitro groups is 1. The minimum absolute atomic E-state index is 0.0378. The molecule has 0 aliphatic heterocycles. The molecule has 1 heterocycles. The number of hydrogen-bond donors (Lipinski definition) is 2. The fourth-order valence-corrected chi connectivity index (χ4v) is 3.41. The van der Waals surface area contributed by atoms with Gasteiger partial charge in [-0.05, 0) is 38.1 Å². The summed E-state index contributed by atoms with van der Waals surface area (Å²) in [4.78, 5) is 27.4. The van der Waals surface area contributed by atoms with E-state index in [-0.39, 0.29) is 23.3 Å². The Morgan fingerprint density at radius 1 is 1.37 bits per heavy atom. The van der Waals surface area contributed by atoms with Gasteiger partial charge < -0.3 is 15.2 Å². The van der Waals surface area contributed by atoms with Crippen LogP contribution in [0.3, 0.4) is 0 Å². The Bertz CT molecular complexity index is 1140. The predicted octanol–water partition coefficient (Wildman–Crippen LogP) is 3.35. The SMILES string of the molecule is COc1cc(/C=N\NC(=O)c2ccc3nc(N)sc3c2)cc([N+](=O)[O-])c1OC(C)C. The number of fused-ring (bicyclic) bond motifs is 1. The van der Waals surface area contributed by atoms with Gasteiger partial charge in [-0.1, -0.05) is 11.3 Å². The third kappa shape index (κ3) is 4.63. The topological polar surface area (TPSA) is 142 Å². The van der Waals surface area contributed by atoms with Crippen molar-refractivity contribution in [1.29, 1.82) is 0 Å². The molecule has 0 saturated carbocycles. The third-order valence-electron chi connectivity index (χ3n) is 3.87. The van der Waals surface area contributed by atoms with Crippen molar-refractivity contribution in [2.45, 2.75) is 20.0 Å². The van der Waals surface area contributed by atoms with Crippen molar-refractivity contribution in [3.63, 3.8) is 0 Å². The number of anilines is 1. The van der Waals surface area contributed by atoms with Gasteiger partial charge in [0.2, 0.25) is 5.75 Å². The summed E-state index contributed by atoms with van der Waals surface area (Å²) in [5.74, 6) is -0.212. The Hall–Kier alpha value is -3.73. The minimum Gasteiger partial charge on any atom is -0.493 e. The molecule has 156 valence electrons. The Morgan fingerprint density at radius 2 is 2.13 bits per heavy atom. The molecule has 0 fully saturated rings. The van der Waals surface area contributed by atoms with Crippen LogP contribution in [0.25, 0.3) is 10.2 Å². The van der Waals surface area contributed by atoms with Gasteiger partial charge in [0.05, 0.1) is 34.6 Å². The molecular formula is C19H19N5O5S. The second-order valence-corrected chi connectivity index (χ2v) is 7.49. The predicted molar refractivity (Wildman–Crippen MR) is 115 cm³/mol. The number of carbonyl (C=O) groups excluding carboxylic acids is 1. The molecule has 0 bridgehead atoms. The number of nitro benzene ring substituents is 1. The zero-order valence-corrected chi connectivity index (χ0v) is 17.2. The molecule has 1 amide bonds. The standard InChI is InChI=1S/C19H19N5O5S/c1-10(2)29-17-14(24(26)27)6-11(7-15(17)28-3)9-21-23-18(25)12-4-5-13-16(8-12)30-19(20)22-13/h4-10H,1-3H3,(H2,20,22)(H,23,25)/b21-9-. The molecule has 0 atom stereocenters. The van der Waals surface area contributed by atoms with Crippen molar-refractivity contribution in [3.8, 4) is 11.5 Å². The number of hydrogen-bond acceptors (Lipinski definition) is 9. The van der Waals surface area contributed by atoms with Crippen LogP contribution < -0.4 is 20.6 Å². The van der Waals surface area contributed by atoms with Crippen LogP contribution in [0.15, 0.2) is 35.4 Å². The highest BCUT2D eigenvalue weighted by Gasteiger charge is 2.23. The molecule has 0 saturated heterocycles. The molecule has 0 spiro atoms. The molecular weight excluding hydrogens is 410 g/mol. The van der Waals surface area contributed by atoms with E-state index >= 15 is 0 Å². The number of ether oxygens (including phenoxy) is 2. The lowest BCUT2D eigenvalue weighted by molar-refractivity contribution is -0.386. The lowest BCUT2D eigenvalue weighted by atomic mass is 10.2. The Balaban J connectivity index is 1.81. The number of nitrogens with two attached hydrogens (primary N) is 1. The number of hydrazone groups is 1. The monoisotopic (exact) mass is 429 g/mol. The summed E-state index contributed by atoms with van der Waals surface area (Å²) in [6.45, 7) is 3.51. The average Bonchev–Trinajstić information content (AvgIpc) is 3.07. The van der Waals surface area contributed by atoms with Gasteiger partial charge in [-0.15, -0.1) is 0 Å². The molecule has 3 rings (SSSR count). The molecule has 10 nitrogen and oxygen atoms in total.